The largest absolute Gasteiger partial charge is 0.497 e. The van der Waals surface area contributed by atoms with Gasteiger partial charge in [0.25, 0.3) is 0 Å². The summed E-state index contributed by atoms with van der Waals surface area (Å²) < 4.78 is 5.10. The fourth-order valence-corrected chi connectivity index (χ4v) is 2.82. The van der Waals surface area contributed by atoms with Crippen molar-refractivity contribution in [3.05, 3.63) is 70.8 Å². The number of rotatable bonds is 5. The molecule has 122 valence electrons. The van der Waals surface area contributed by atoms with Gasteiger partial charge in [0.2, 0.25) is 0 Å². The van der Waals surface area contributed by atoms with E-state index in [2.05, 4.69) is 11.2 Å². The normalized spacial score (nSPS) is 14.8. The number of carbonyl (C=O) groups is 1. The summed E-state index contributed by atoms with van der Waals surface area (Å²) in [7, 11) is 3.17. The van der Waals surface area contributed by atoms with Crippen LogP contribution in [0, 0.1) is 0 Å². The van der Waals surface area contributed by atoms with Gasteiger partial charge in [0.05, 0.1) is 12.8 Å². The van der Waals surface area contributed by atoms with Gasteiger partial charge in [0.1, 0.15) is 12.9 Å². The lowest BCUT2D eigenvalue weighted by atomic mass is 10.0. The molecule has 24 heavy (non-hydrogen) atoms. The molecule has 0 fully saturated rings. The first-order chi connectivity index (χ1) is 11.7. The number of hydrogen-bond donors (Lipinski definition) is 0. The number of hydrogen-bond acceptors (Lipinski definition) is 4. The Kier molecular flexibility index (Phi) is 4.75. The van der Waals surface area contributed by atoms with Crippen LogP contribution in [-0.2, 0) is 11.3 Å². The van der Waals surface area contributed by atoms with Gasteiger partial charge in [-0.2, -0.15) is 0 Å². The first-order valence-electron chi connectivity index (χ1n) is 7.81. The zero-order chi connectivity index (χ0) is 16.9. The summed E-state index contributed by atoms with van der Waals surface area (Å²) in [5.41, 5.74) is 5.01. The molecule has 0 amide bonds. The van der Waals surface area contributed by atoms with E-state index in [0.29, 0.717) is 5.56 Å². The summed E-state index contributed by atoms with van der Waals surface area (Å²) in [5.74, 6) is 0.711. The average Bonchev–Trinajstić information content (AvgIpc) is 3.02. The van der Waals surface area contributed by atoms with Gasteiger partial charge in [-0.05, 0) is 54.3 Å². The molecule has 0 bridgehead atoms. The van der Waals surface area contributed by atoms with Crippen molar-refractivity contribution in [2.75, 3.05) is 14.2 Å². The van der Waals surface area contributed by atoms with E-state index in [0.717, 1.165) is 35.4 Å². The minimum absolute atomic E-state index is 0.0280. The number of oxime groups is 1. The van der Waals surface area contributed by atoms with Gasteiger partial charge in [-0.15, -0.1) is 0 Å². The van der Waals surface area contributed by atoms with Crippen molar-refractivity contribution < 1.29 is 14.4 Å². The van der Waals surface area contributed by atoms with Crippen LogP contribution in [0.2, 0.25) is 0 Å². The van der Waals surface area contributed by atoms with E-state index >= 15 is 0 Å². The maximum atomic E-state index is 12.2. The molecule has 1 aliphatic carbocycles. The molecular formula is C20H19NO3. The van der Waals surface area contributed by atoms with Gasteiger partial charge in [-0.3, -0.25) is 4.79 Å². The Hall–Kier alpha value is -2.88. The van der Waals surface area contributed by atoms with Crippen molar-refractivity contribution in [3.8, 4) is 5.75 Å². The van der Waals surface area contributed by atoms with Crippen molar-refractivity contribution in [2.24, 2.45) is 5.16 Å². The summed E-state index contributed by atoms with van der Waals surface area (Å²) in [6.45, 7) is 0. The minimum atomic E-state index is -0.0280. The number of nitrogens with zero attached hydrogens (tertiary/aromatic N) is 1. The molecule has 3 rings (SSSR count). The van der Waals surface area contributed by atoms with Crippen LogP contribution in [0.4, 0.5) is 0 Å². The standard InChI is InChI=1S/C20H19NO3/c1-23-17-8-5-15(6-9-17)20(22)12-4-14-3-10-18-16(13-14)7-11-19(18)21-24-2/h3-6,8-10,12-13H,7,11H2,1-2H3. The van der Waals surface area contributed by atoms with Crippen LogP contribution in [0.5, 0.6) is 5.75 Å². The first kappa shape index (κ1) is 16.0. The lowest BCUT2D eigenvalue weighted by molar-refractivity contribution is 0.104. The second-order valence-corrected chi connectivity index (χ2v) is 5.56. The van der Waals surface area contributed by atoms with Gasteiger partial charge in [0.15, 0.2) is 5.78 Å². The van der Waals surface area contributed by atoms with E-state index in [-0.39, 0.29) is 5.78 Å². The topological polar surface area (TPSA) is 47.9 Å². The molecule has 2 aromatic carbocycles. The molecule has 2 aromatic rings. The Bertz CT molecular complexity index is 804. The summed E-state index contributed by atoms with van der Waals surface area (Å²) in [4.78, 5) is 17.1. The quantitative estimate of drug-likeness (QED) is 0.477. The number of allylic oxidation sites excluding steroid dienone is 1. The van der Waals surface area contributed by atoms with E-state index in [9.17, 15) is 4.79 Å². The van der Waals surface area contributed by atoms with Gasteiger partial charge in [-0.25, -0.2) is 0 Å². The predicted octanol–water partition coefficient (Wildman–Crippen LogP) is 3.89. The fourth-order valence-electron chi connectivity index (χ4n) is 2.82. The van der Waals surface area contributed by atoms with Crippen molar-refractivity contribution in [1.29, 1.82) is 0 Å². The Labute approximate surface area is 141 Å². The van der Waals surface area contributed by atoms with Gasteiger partial charge in [-0.1, -0.05) is 29.4 Å². The van der Waals surface area contributed by atoms with Gasteiger partial charge < -0.3 is 9.57 Å². The number of fused-ring (bicyclic) bond motifs is 1. The molecule has 0 heterocycles. The van der Waals surface area contributed by atoms with Crippen LogP contribution in [0.1, 0.15) is 33.5 Å². The van der Waals surface area contributed by atoms with Crippen molar-refractivity contribution in [2.45, 2.75) is 12.8 Å². The summed E-state index contributed by atoms with van der Waals surface area (Å²) in [6, 6.07) is 13.2. The highest BCUT2D eigenvalue weighted by molar-refractivity contribution is 6.07. The molecule has 0 radical (unpaired) electrons. The number of carbonyl (C=O) groups excluding carboxylic acids is 1. The summed E-state index contributed by atoms with van der Waals surface area (Å²) in [6.07, 6.45) is 5.29. The number of benzene rings is 2. The molecule has 0 saturated carbocycles. The van der Waals surface area contributed by atoms with Crippen molar-refractivity contribution >= 4 is 17.6 Å². The van der Waals surface area contributed by atoms with Crippen LogP contribution in [0.25, 0.3) is 6.08 Å². The molecule has 4 heteroatoms. The van der Waals surface area contributed by atoms with Crippen LogP contribution in [0.3, 0.4) is 0 Å². The van der Waals surface area contributed by atoms with E-state index < -0.39 is 0 Å². The Morgan fingerprint density at radius 3 is 2.58 bits per heavy atom. The molecule has 0 saturated heterocycles. The number of ketones is 1. The SMILES string of the molecule is CON=C1CCc2cc(C=CC(=O)c3ccc(OC)cc3)ccc21. The van der Waals surface area contributed by atoms with Crippen LogP contribution in [0.15, 0.2) is 53.7 Å². The predicted molar refractivity (Wildman–Crippen MR) is 94.7 cm³/mol. The molecule has 0 aromatic heterocycles. The fraction of sp³-hybridized carbons (Fsp3) is 0.200. The average molecular weight is 321 g/mol. The maximum Gasteiger partial charge on any atom is 0.185 e. The molecule has 0 atom stereocenters. The number of methoxy groups -OCH3 is 1. The highest BCUT2D eigenvalue weighted by Crippen LogP contribution is 2.24. The van der Waals surface area contributed by atoms with Crippen molar-refractivity contribution in [1.82, 2.24) is 0 Å². The smallest absolute Gasteiger partial charge is 0.185 e. The zero-order valence-electron chi connectivity index (χ0n) is 13.8. The van der Waals surface area contributed by atoms with E-state index in [1.165, 1.54) is 5.56 Å². The summed E-state index contributed by atoms with van der Waals surface area (Å²) in [5, 5.41) is 4.06. The Morgan fingerprint density at radius 2 is 1.88 bits per heavy atom. The third-order valence-corrected chi connectivity index (χ3v) is 4.07. The van der Waals surface area contributed by atoms with E-state index in [1.807, 2.05) is 18.2 Å². The van der Waals surface area contributed by atoms with Crippen LogP contribution < -0.4 is 4.74 Å². The second kappa shape index (κ2) is 7.13. The maximum absolute atomic E-state index is 12.2. The lowest BCUT2D eigenvalue weighted by Gasteiger charge is -2.02. The molecule has 0 N–H and O–H groups in total. The molecule has 1 aliphatic rings. The highest BCUT2D eigenvalue weighted by Gasteiger charge is 2.18. The van der Waals surface area contributed by atoms with Crippen molar-refractivity contribution in [3.63, 3.8) is 0 Å². The second-order valence-electron chi connectivity index (χ2n) is 5.56. The Balaban J connectivity index is 1.75. The first-order valence-corrected chi connectivity index (χ1v) is 7.81. The van der Waals surface area contributed by atoms with Crippen LogP contribution in [-0.4, -0.2) is 25.7 Å². The minimum Gasteiger partial charge on any atom is -0.497 e. The van der Waals surface area contributed by atoms with E-state index in [1.54, 1.807) is 44.6 Å². The summed E-state index contributed by atoms with van der Waals surface area (Å²) >= 11 is 0. The third kappa shape index (κ3) is 3.38. The van der Waals surface area contributed by atoms with Gasteiger partial charge in [0, 0.05) is 11.1 Å². The third-order valence-electron chi connectivity index (χ3n) is 4.07. The van der Waals surface area contributed by atoms with E-state index in [4.69, 9.17) is 9.57 Å². The molecule has 0 spiro atoms. The number of aryl methyl sites for hydroxylation is 1. The molecule has 0 aliphatic heterocycles. The Morgan fingerprint density at radius 1 is 1.08 bits per heavy atom. The van der Waals surface area contributed by atoms with Gasteiger partial charge >= 0.3 is 0 Å². The highest BCUT2D eigenvalue weighted by atomic mass is 16.6. The molecular weight excluding hydrogens is 302 g/mol. The van der Waals surface area contributed by atoms with Crippen LogP contribution >= 0.6 is 0 Å². The zero-order valence-corrected chi connectivity index (χ0v) is 13.8. The number of ether oxygens (including phenoxy) is 1. The molecule has 4 nitrogen and oxygen atoms in total. The molecule has 0 unspecified atom stereocenters. The lowest BCUT2D eigenvalue weighted by Crippen LogP contribution is -1.95. The monoisotopic (exact) mass is 321 g/mol.